The number of aliphatic imine (C=N–C) groups is 1. The molecule has 10 heteroatoms. The van der Waals surface area contributed by atoms with Gasteiger partial charge in [-0.1, -0.05) is 0 Å². The third-order valence-electron chi connectivity index (χ3n) is 4.15. The van der Waals surface area contributed by atoms with E-state index in [9.17, 15) is 0 Å². The van der Waals surface area contributed by atoms with Gasteiger partial charge in [0.15, 0.2) is 0 Å². The van der Waals surface area contributed by atoms with Crippen molar-refractivity contribution in [3.05, 3.63) is 43.0 Å². The summed E-state index contributed by atoms with van der Waals surface area (Å²) >= 11 is 6.20. The number of imidazole rings is 1. The van der Waals surface area contributed by atoms with Crippen LogP contribution in [0, 0.1) is 0 Å². The Morgan fingerprint density at radius 2 is 2.04 bits per heavy atom. The monoisotopic (exact) mass is 468 g/mol. The molecule has 3 aromatic rings. The van der Waals surface area contributed by atoms with Gasteiger partial charge < -0.3 is 0 Å². The molecule has 28 heavy (non-hydrogen) atoms. The molecule has 0 spiro atoms. The Morgan fingerprint density at radius 3 is 2.79 bits per heavy atom. The predicted octanol–water partition coefficient (Wildman–Crippen LogP) is 2.30. The first kappa shape index (κ1) is 19.3. The van der Waals surface area contributed by atoms with E-state index in [4.69, 9.17) is 16.3 Å². The van der Waals surface area contributed by atoms with Gasteiger partial charge in [-0.25, -0.2) is 0 Å². The first-order chi connectivity index (χ1) is 13.5. The van der Waals surface area contributed by atoms with Crippen LogP contribution >= 0.6 is 11.6 Å². The first-order valence-corrected chi connectivity index (χ1v) is 10.9. The zero-order valence-electron chi connectivity index (χ0n) is 15.2. The van der Waals surface area contributed by atoms with Gasteiger partial charge >= 0.3 is 173 Å². The van der Waals surface area contributed by atoms with E-state index in [0.29, 0.717) is 17.0 Å². The fraction of sp³-hybridized carbons (Fsp3) is 0.333. The molecule has 0 amide bonds. The van der Waals surface area contributed by atoms with Gasteiger partial charge in [-0.2, -0.15) is 0 Å². The van der Waals surface area contributed by atoms with Crippen molar-refractivity contribution in [2.24, 2.45) is 4.99 Å². The van der Waals surface area contributed by atoms with Crippen molar-refractivity contribution in [1.29, 1.82) is 0 Å². The number of fused-ring (bicyclic) bond motifs is 1. The van der Waals surface area contributed by atoms with E-state index < -0.39 is 22.8 Å². The number of ether oxygens (including phenoxy) is 1. The number of benzene rings is 1. The van der Waals surface area contributed by atoms with Gasteiger partial charge in [0.25, 0.3) is 0 Å². The number of hydrogen-bond acceptors (Lipinski definition) is 5. The van der Waals surface area contributed by atoms with E-state index >= 15 is 4.39 Å². The van der Waals surface area contributed by atoms with E-state index in [0.717, 1.165) is 4.46 Å². The summed E-state index contributed by atoms with van der Waals surface area (Å²) in [6.07, 6.45) is 2.35. The summed E-state index contributed by atoms with van der Waals surface area (Å²) in [5, 5.41) is 0. The van der Waals surface area contributed by atoms with Gasteiger partial charge in [-0.3, -0.25) is 0 Å². The van der Waals surface area contributed by atoms with Crippen LogP contribution in [0.4, 0.5) is 10.2 Å². The number of halogens is 2. The molecule has 2 aromatic heterocycles. The van der Waals surface area contributed by atoms with Crippen LogP contribution in [0.3, 0.4) is 0 Å². The Balaban J connectivity index is 1.62. The van der Waals surface area contributed by atoms with Crippen molar-refractivity contribution in [3.63, 3.8) is 0 Å². The van der Waals surface area contributed by atoms with Crippen LogP contribution in [0.1, 0.15) is 6.23 Å². The van der Waals surface area contributed by atoms with Crippen molar-refractivity contribution in [3.8, 4) is 0 Å². The standard InChI is InChI=1S/C18H18ClFN6OSe/c1-25(2)9-24-16-13-17(22-8-21-16)26(10-23-13)18-12(20)14(15(19)27-18)28-11-6-4-3-5-7-11/h3-10,12,14-15,18H,1-2H3/b24-9+/t12-,14-,15-,18+/m0/s1. The number of rotatable bonds is 5. The zero-order chi connectivity index (χ0) is 19.7. The molecule has 1 aliphatic rings. The molecule has 4 atom stereocenters. The maximum absolute atomic E-state index is 15.3. The molecule has 3 heterocycles. The Kier molecular flexibility index (Phi) is 5.59. The van der Waals surface area contributed by atoms with Gasteiger partial charge in [0, 0.05) is 0 Å². The van der Waals surface area contributed by atoms with E-state index in [2.05, 4.69) is 19.9 Å². The van der Waals surface area contributed by atoms with Gasteiger partial charge in [0.05, 0.1) is 0 Å². The third-order valence-corrected chi connectivity index (χ3v) is 7.64. The minimum atomic E-state index is -1.27. The number of hydrogen-bond donors (Lipinski definition) is 0. The summed E-state index contributed by atoms with van der Waals surface area (Å²) in [4.78, 5) is 18.4. The van der Waals surface area contributed by atoms with Crippen LogP contribution in [0.2, 0.25) is 4.82 Å². The molecule has 1 fully saturated rings. The van der Waals surface area contributed by atoms with Crippen LogP contribution in [0.25, 0.3) is 11.2 Å². The third kappa shape index (κ3) is 3.75. The molecule has 7 nitrogen and oxygen atoms in total. The van der Waals surface area contributed by atoms with Crippen molar-refractivity contribution >= 4 is 54.3 Å². The zero-order valence-corrected chi connectivity index (χ0v) is 17.7. The van der Waals surface area contributed by atoms with Crippen LogP contribution in [-0.2, 0) is 4.74 Å². The minimum absolute atomic E-state index is 0.158. The average Bonchev–Trinajstić information content (AvgIpc) is 3.23. The van der Waals surface area contributed by atoms with Crippen LogP contribution in [0.15, 0.2) is 48.0 Å². The maximum atomic E-state index is 15.3. The average molecular weight is 468 g/mol. The summed E-state index contributed by atoms with van der Waals surface area (Å²) in [5.41, 5.74) is 0.232. The van der Waals surface area contributed by atoms with E-state index in [1.165, 1.54) is 12.7 Å². The summed E-state index contributed by atoms with van der Waals surface area (Å²) < 4.78 is 23.7. The number of aromatic nitrogens is 4. The van der Waals surface area contributed by atoms with Crippen molar-refractivity contribution < 1.29 is 9.13 Å². The molecule has 1 aromatic carbocycles. The van der Waals surface area contributed by atoms with Crippen molar-refractivity contribution in [2.45, 2.75) is 22.8 Å². The normalized spacial score (nSPS) is 25.0. The van der Waals surface area contributed by atoms with E-state index in [-0.39, 0.29) is 15.0 Å². The van der Waals surface area contributed by atoms with E-state index in [1.54, 1.807) is 15.8 Å². The topological polar surface area (TPSA) is 68.4 Å². The van der Waals surface area contributed by atoms with Crippen molar-refractivity contribution in [1.82, 2.24) is 24.4 Å². The summed E-state index contributed by atoms with van der Waals surface area (Å²) in [5.74, 6) is 0.415. The van der Waals surface area contributed by atoms with Gasteiger partial charge in [-0.15, -0.1) is 0 Å². The van der Waals surface area contributed by atoms with E-state index in [1.807, 2.05) is 44.4 Å². The molecule has 0 saturated carbocycles. The number of alkyl halides is 2. The number of nitrogens with zero attached hydrogens (tertiary/aromatic N) is 6. The first-order valence-electron chi connectivity index (χ1n) is 8.58. The molecule has 0 aliphatic carbocycles. The fourth-order valence-electron chi connectivity index (χ4n) is 2.88. The Labute approximate surface area is 172 Å². The fourth-order valence-corrected chi connectivity index (χ4v) is 5.62. The Hall–Kier alpha value is -2.06. The second-order valence-electron chi connectivity index (χ2n) is 6.45. The molecular weight excluding hydrogens is 450 g/mol. The predicted molar refractivity (Wildman–Crippen MR) is 107 cm³/mol. The summed E-state index contributed by atoms with van der Waals surface area (Å²) in [7, 11) is 3.71. The summed E-state index contributed by atoms with van der Waals surface area (Å²) in [6.45, 7) is 0. The molecule has 0 bridgehead atoms. The van der Waals surface area contributed by atoms with Gasteiger partial charge in [0.2, 0.25) is 0 Å². The van der Waals surface area contributed by atoms with Crippen LogP contribution in [0.5, 0.6) is 0 Å². The molecule has 0 N–H and O–H groups in total. The van der Waals surface area contributed by atoms with Gasteiger partial charge in [0.1, 0.15) is 0 Å². The SMILES string of the molecule is CN(C)/C=N/c1ncnc2c1ncn2[C@@H]1O[C@H](Cl)[C@@H]([Se]c2ccccc2)[C@@H]1F. The second-order valence-corrected chi connectivity index (χ2v) is 9.50. The molecule has 0 unspecified atom stereocenters. The quantitative estimate of drug-likeness (QED) is 0.249. The second kappa shape index (κ2) is 8.13. The Bertz CT molecular complexity index is 985. The van der Waals surface area contributed by atoms with Gasteiger partial charge in [-0.05, 0) is 0 Å². The van der Waals surface area contributed by atoms with Crippen molar-refractivity contribution in [2.75, 3.05) is 14.1 Å². The summed E-state index contributed by atoms with van der Waals surface area (Å²) in [6, 6.07) is 9.79. The molecular formula is C18H18ClFN6OSe. The Morgan fingerprint density at radius 1 is 1.25 bits per heavy atom. The molecule has 1 aliphatic heterocycles. The molecule has 1 saturated heterocycles. The molecule has 146 valence electrons. The molecule has 0 radical (unpaired) electrons. The van der Waals surface area contributed by atoms with Crippen LogP contribution < -0.4 is 4.46 Å². The molecule has 4 rings (SSSR count). The van der Waals surface area contributed by atoms with Crippen LogP contribution in [-0.4, -0.2) is 71.5 Å².